The first-order valence-corrected chi connectivity index (χ1v) is 7.92. The first-order valence-electron chi connectivity index (χ1n) is 7.92. The quantitative estimate of drug-likeness (QED) is 0.714. The molecular weight excluding hydrogens is 226 g/mol. The number of likely N-dealkylation sites (tertiary alicyclic amines) is 1. The Morgan fingerprint density at radius 1 is 0.833 bits per heavy atom. The van der Waals surface area contributed by atoms with Crippen LogP contribution in [0.2, 0.25) is 0 Å². The molecule has 4 fully saturated rings. The van der Waals surface area contributed by atoms with Crippen LogP contribution in [0, 0.1) is 11.8 Å². The molecule has 2 saturated heterocycles. The minimum Gasteiger partial charge on any atom is -0.347 e. The van der Waals surface area contributed by atoms with Gasteiger partial charge in [-0.3, -0.25) is 4.90 Å². The molecule has 102 valence electrons. The normalized spacial score (nSPS) is 43.7. The van der Waals surface area contributed by atoms with Gasteiger partial charge in [0.05, 0.1) is 13.2 Å². The fraction of sp³-hybridized carbons (Fsp3) is 1.00. The molecular formula is C15H25NO2. The Bertz CT molecular complexity index is 308. The van der Waals surface area contributed by atoms with Gasteiger partial charge in [-0.1, -0.05) is 6.42 Å². The van der Waals surface area contributed by atoms with Gasteiger partial charge in [-0.05, 0) is 51.6 Å². The summed E-state index contributed by atoms with van der Waals surface area (Å²) in [6.07, 6.45) is 9.50. The Kier molecular flexibility index (Phi) is 2.90. The van der Waals surface area contributed by atoms with Crippen LogP contribution in [-0.4, -0.2) is 43.0 Å². The van der Waals surface area contributed by atoms with E-state index < -0.39 is 0 Å². The van der Waals surface area contributed by atoms with Crippen molar-refractivity contribution in [2.45, 2.75) is 56.8 Å². The lowest BCUT2D eigenvalue weighted by Crippen LogP contribution is -2.60. The van der Waals surface area contributed by atoms with E-state index >= 15 is 0 Å². The molecule has 2 bridgehead atoms. The average Bonchev–Trinajstić information content (AvgIpc) is 3.01. The highest BCUT2D eigenvalue weighted by atomic mass is 16.7. The highest BCUT2D eigenvalue weighted by Gasteiger charge is 2.58. The first kappa shape index (κ1) is 11.7. The molecule has 2 heterocycles. The van der Waals surface area contributed by atoms with Gasteiger partial charge in [0.1, 0.15) is 0 Å². The number of nitrogens with zero attached hydrogens (tertiary/aromatic N) is 1. The molecule has 2 aliphatic heterocycles. The largest absolute Gasteiger partial charge is 0.347 e. The van der Waals surface area contributed by atoms with E-state index in [0.717, 1.165) is 19.3 Å². The summed E-state index contributed by atoms with van der Waals surface area (Å²) in [4.78, 5) is 2.74. The van der Waals surface area contributed by atoms with Gasteiger partial charge in [0.2, 0.25) is 0 Å². The van der Waals surface area contributed by atoms with Gasteiger partial charge in [0, 0.05) is 17.9 Å². The van der Waals surface area contributed by atoms with Gasteiger partial charge in [-0.25, -0.2) is 0 Å². The molecule has 3 atom stereocenters. The molecule has 0 aromatic carbocycles. The molecule has 1 spiro atoms. The standard InChI is InChI=1S/C15H25NO2/c1-2-9-16(8-1)14-7-6-12-4-3-5-13(14)15(12)17-10-11-18-15/h12-14H,1-11H2/t12-,13-,14+/m0/s1. The van der Waals surface area contributed by atoms with Crippen LogP contribution in [-0.2, 0) is 9.47 Å². The maximum absolute atomic E-state index is 6.19. The van der Waals surface area contributed by atoms with E-state index in [9.17, 15) is 0 Å². The lowest BCUT2D eigenvalue weighted by molar-refractivity contribution is -0.273. The van der Waals surface area contributed by atoms with E-state index in [1.807, 2.05) is 0 Å². The van der Waals surface area contributed by atoms with Crippen molar-refractivity contribution in [1.82, 2.24) is 4.90 Å². The molecule has 2 saturated carbocycles. The van der Waals surface area contributed by atoms with Crippen molar-refractivity contribution in [2.24, 2.45) is 11.8 Å². The minimum atomic E-state index is -0.177. The molecule has 0 radical (unpaired) electrons. The lowest BCUT2D eigenvalue weighted by Gasteiger charge is -2.54. The van der Waals surface area contributed by atoms with Crippen molar-refractivity contribution in [3.8, 4) is 0 Å². The minimum absolute atomic E-state index is 0.177. The third-order valence-electron chi connectivity index (χ3n) is 5.78. The highest BCUT2D eigenvalue weighted by molar-refractivity contribution is 5.03. The van der Waals surface area contributed by atoms with Gasteiger partial charge in [-0.2, -0.15) is 0 Å². The summed E-state index contributed by atoms with van der Waals surface area (Å²) in [5, 5.41) is 0. The van der Waals surface area contributed by atoms with Gasteiger partial charge >= 0.3 is 0 Å². The third-order valence-corrected chi connectivity index (χ3v) is 5.78. The van der Waals surface area contributed by atoms with Crippen molar-refractivity contribution in [1.29, 1.82) is 0 Å². The number of ether oxygens (including phenoxy) is 2. The monoisotopic (exact) mass is 251 g/mol. The Labute approximate surface area is 110 Å². The zero-order valence-electron chi connectivity index (χ0n) is 11.3. The van der Waals surface area contributed by atoms with Crippen LogP contribution in [0.3, 0.4) is 0 Å². The van der Waals surface area contributed by atoms with Gasteiger partial charge in [0.25, 0.3) is 0 Å². The molecule has 4 aliphatic rings. The van der Waals surface area contributed by atoms with Gasteiger partial charge < -0.3 is 9.47 Å². The Balaban J connectivity index is 1.62. The second kappa shape index (κ2) is 4.46. The smallest absolute Gasteiger partial charge is 0.175 e. The summed E-state index contributed by atoms with van der Waals surface area (Å²) in [5.74, 6) is 1.15. The first-order chi connectivity index (χ1) is 8.90. The molecule has 2 aliphatic carbocycles. The predicted octanol–water partition coefficient (Wildman–Crippen LogP) is 2.40. The summed E-state index contributed by atoms with van der Waals surface area (Å²) >= 11 is 0. The summed E-state index contributed by atoms with van der Waals surface area (Å²) in [7, 11) is 0. The molecule has 0 N–H and O–H groups in total. The van der Waals surface area contributed by atoms with Crippen molar-refractivity contribution < 1.29 is 9.47 Å². The molecule has 4 rings (SSSR count). The Morgan fingerprint density at radius 2 is 1.61 bits per heavy atom. The van der Waals surface area contributed by atoms with E-state index in [2.05, 4.69) is 4.90 Å². The van der Waals surface area contributed by atoms with Crippen molar-refractivity contribution in [2.75, 3.05) is 26.3 Å². The molecule has 18 heavy (non-hydrogen) atoms. The second-order valence-electron chi connectivity index (χ2n) is 6.54. The topological polar surface area (TPSA) is 21.7 Å². The summed E-state index contributed by atoms with van der Waals surface area (Å²) in [5.41, 5.74) is 0. The molecule has 0 unspecified atom stereocenters. The molecule has 3 heteroatoms. The van der Waals surface area contributed by atoms with Crippen LogP contribution in [0.5, 0.6) is 0 Å². The van der Waals surface area contributed by atoms with E-state index in [1.54, 1.807) is 0 Å². The number of hydrogen-bond acceptors (Lipinski definition) is 3. The predicted molar refractivity (Wildman–Crippen MR) is 69.3 cm³/mol. The SMILES string of the molecule is C1C[C@H]2CC[C@@H](N3CCCC3)[C@H](C1)C21OCCO1. The van der Waals surface area contributed by atoms with Crippen LogP contribution in [0.1, 0.15) is 44.9 Å². The van der Waals surface area contributed by atoms with Crippen LogP contribution in [0.15, 0.2) is 0 Å². The Hall–Kier alpha value is -0.120. The fourth-order valence-corrected chi connectivity index (χ4v) is 5.07. The van der Waals surface area contributed by atoms with Crippen molar-refractivity contribution in [3.05, 3.63) is 0 Å². The zero-order chi connectivity index (χ0) is 12.0. The van der Waals surface area contributed by atoms with Crippen molar-refractivity contribution >= 4 is 0 Å². The number of hydrogen-bond donors (Lipinski definition) is 0. The fourth-order valence-electron chi connectivity index (χ4n) is 5.07. The lowest BCUT2D eigenvalue weighted by atomic mass is 9.64. The maximum Gasteiger partial charge on any atom is 0.175 e. The van der Waals surface area contributed by atoms with Gasteiger partial charge in [0.15, 0.2) is 5.79 Å². The third kappa shape index (κ3) is 1.60. The average molecular weight is 251 g/mol. The summed E-state index contributed by atoms with van der Waals surface area (Å²) in [6.45, 7) is 4.25. The molecule has 0 aromatic heterocycles. The maximum atomic E-state index is 6.19. The van der Waals surface area contributed by atoms with E-state index in [1.165, 1.54) is 58.0 Å². The van der Waals surface area contributed by atoms with E-state index in [0.29, 0.717) is 11.8 Å². The van der Waals surface area contributed by atoms with Crippen LogP contribution in [0.25, 0.3) is 0 Å². The highest BCUT2D eigenvalue weighted by Crippen LogP contribution is 2.53. The van der Waals surface area contributed by atoms with Crippen LogP contribution >= 0.6 is 0 Å². The van der Waals surface area contributed by atoms with E-state index in [-0.39, 0.29) is 5.79 Å². The summed E-state index contributed by atoms with van der Waals surface area (Å²) < 4.78 is 12.4. The molecule has 0 aromatic rings. The Morgan fingerprint density at radius 3 is 2.39 bits per heavy atom. The van der Waals surface area contributed by atoms with Crippen molar-refractivity contribution in [3.63, 3.8) is 0 Å². The zero-order valence-corrected chi connectivity index (χ0v) is 11.3. The van der Waals surface area contributed by atoms with Crippen LogP contribution < -0.4 is 0 Å². The van der Waals surface area contributed by atoms with Crippen LogP contribution in [0.4, 0.5) is 0 Å². The van der Waals surface area contributed by atoms with E-state index in [4.69, 9.17) is 9.47 Å². The van der Waals surface area contributed by atoms with Gasteiger partial charge in [-0.15, -0.1) is 0 Å². The number of rotatable bonds is 1. The molecule has 3 nitrogen and oxygen atoms in total. The summed E-state index contributed by atoms with van der Waals surface area (Å²) in [6, 6.07) is 0.738. The molecule has 0 amide bonds. The second-order valence-corrected chi connectivity index (χ2v) is 6.54.